The van der Waals surface area contributed by atoms with Crippen LogP contribution in [0.5, 0.6) is 0 Å². The largest absolute Gasteiger partial charge is 0.448 e. The molecular formula is C13H14BrFN2O3. The third kappa shape index (κ3) is 3.27. The van der Waals surface area contributed by atoms with Crippen molar-refractivity contribution in [2.45, 2.75) is 13.0 Å². The summed E-state index contributed by atoms with van der Waals surface area (Å²) in [5.74, 6) is -1.11. The van der Waals surface area contributed by atoms with Crippen molar-refractivity contribution in [1.82, 2.24) is 10.2 Å². The molecule has 1 aromatic carbocycles. The molecule has 0 aromatic heterocycles. The molecule has 1 saturated heterocycles. The van der Waals surface area contributed by atoms with Crippen LogP contribution < -0.4 is 5.32 Å². The van der Waals surface area contributed by atoms with E-state index in [2.05, 4.69) is 21.2 Å². The molecule has 0 spiro atoms. The zero-order valence-electron chi connectivity index (χ0n) is 10.9. The molecule has 7 heteroatoms. The van der Waals surface area contributed by atoms with Gasteiger partial charge in [-0.3, -0.25) is 4.79 Å². The molecule has 5 nitrogen and oxygen atoms in total. The van der Waals surface area contributed by atoms with E-state index in [0.717, 1.165) is 0 Å². The summed E-state index contributed by atoms with van der Waals surface area (Å²) in [7, 11) is 0. The molecule has 0 radical (unpaired) electrons. The molecule has 1 aliphatic heterocycles. The van der Waals surface area contributed by atoms with Gasteiger partial charge in [0.25, 0.3) is 5.91 Å². The summed E-state index contributed by atoms with van der Waals surface area (Å²) >= 11 is 3.15. The molecule has 0 unspecified atom stereocenters. The summed E-state index contributed by atoms with van der Waals surface area (Å²) in [5, 5.41) is 2.67. The molecular weight excluding hydrogens is 331 g/mol. The number of nitrogens with zero attached hydrogens (tertiary/aromatic N) is 1. The van der Waals surface area contributed by atoms with Crippen LogP contribution in [0.3, 0.4) is 0 Å². The highest BCUT2D eigenvalue weighted by molar-refractivity contribution is 9.10. The second kappa shape index (κ2) is 6.21. The lowest BCUT2D eigenvalue weighted by atomic mass is 10.2. The first-order chi connectivity index (χ1) is 9.49. The van der Waals surface area contributed by atoms with Crippen LogP contribution in [0.4, 0.5) is 9.18 Å². The van der Waals surface area contributed by atoms with E-state index in [4.69, 9.17) is 4.74 Å². The standard InChI is InChI=1S/C13H14BrFN2O3/c1-8(7-17-5-6-20-13(17)19)16-12(18)11-9(14)3-2-4-10(11)15/h2-4,8H,5-7H2,1H3,(H,16,18)/t8-/m1/s1. The van der Waals surface area contributed by atoms with Crippen molar-refractivity contribution >= 4 is 27.9 Å². The van der Waals surface area contributed by atoms with Crippen molar-refractivity contribution in [3.63, 3.8) is 0 Å². The smallest absolute Gasteiger partial charge is 0.410 e. The van der Waals surface area contributed by atoms with Gasteiger partial charge in [0.1, 0.15) is 12.4 Å². The van der Waals surface area contributed by atoms with Crippen LogP contribution in [-0.2, 0) is 4.74 Å². The van der Waals surface area contributed by atoms with Crippen LogP contribution in [0.25, 0.3) is 0 Å². The summed E-state index contributed by atoms with van der Waals surface area (Å²) in [6, 6.07) is 4.03. The molecule has 2 rings (SSSR count). The highest BCUT2D eigenvalue weighted by Crippen LogP contribution is 2.19. The number of halogens is 2. The number of carbonyl (C=O) groups is 2. The number of amides is 2. The number of nitrogens with one attached hydrogen (secondary N) is 1. The number of benzene rings is 1. The van der Waals surface area contributed by atoms with Gasteiger partial charge >= 0.3 is 6.09 Å². The van der Waals surface area contributed by atoms with Crippen molar-refractivity contribution in [2.24, 2.45) is 0 Å². The Bertz CT molecular complexity index is 518. The minimum atomic E-state index is -0.593. The fourth-order valence-electron chi connectivity index (χ4n) is 1.98. The highest BCUT2D eigenvalue weighted by atomic mass is 79.9. The lowest BCUT2D eigenvalue weighted by molar-refractivity contribution is 0.0926. The monoisotopic (exact) mass is 344 g/mol. The number of ether oxygens (including phenoxy) is 1. The van der Waals surface area contributed by atoms with Crippen molar-refractivity contribution in [3.8, 4) is 0 Å². The van der Waals surface area contributed by atoms with Crippen LogP contribution in [0, 0.1) is 5.82 Å². The maximum atomic E-state index is 13.6. The van der Waals surface area contributed by atoms with E-state index >= 15 is 0 Å². The number of hydrogen-bond acceptors (Lipinski definition) is 3. The van der Waals surface area contributed by atoms with E-state index in [1.807, 2.05) is 0 Å². The van der Waals surface area contributed by atoms with Gasteiger partial charge in [-0.1, -0.05) is 6.07 Å². The van der Waals surface area contributed by atoms with E-state index in [-0.39, 0.29) is 11.6 Å². The summed E-state index contributed by atoms with van der Waals surface area (Å²) in [5.41, 5.74) is -0.0386. The van der Waals surface area contributed by atoms with Crippen LogP contribution in [-0.4, -0.2) is 42.6 Å². The first-order valence-corrected chi connectivity index (χ1v) is 6.95. The Hall–Kier alpha value is -1.63. The number of cyclic esters (lactones) is 1. The van der Waals surface area contributed by atoms with Gasteiger partial charge in [-0.2, -0.15) is 0 Å². The summed E-state index contributed by atoms with van der Waals surface area (Å²) in [6.07, 6.45) is -0.391. The molecule has 0 bridgehead atoms. The SMILES string of the molecule is C[C@H](CN1CCOC1=O)NC(=O)c1c(F)cccc1Br. The molecule has 108 valence electrons. The third-order valence-electron chi connectivity index (χ3n) is 2.91. The Labute approximate surface area is 124 Å². The molecule has 0 saturated carbocycles. The molecule has 1 heterocycles. The zero-order valence-corrected chi connectivity index (χ0v) is 12.4. The maximum Gasteiger partial charge on any atom is 0.410 e. The second-order valence-electron chi connectivity index (χ2n) is 4.53. The highest BCUT2D eigenvalue weighted by Gasteiger charge is 2.25. The molecule has 2 amide bonds. The Kier molecular flexibility index (Phi) is 4.59. The third-order valence-corrected chi connectivity index (χ3v) is 3.57. The van der Waals surface area contributed by atoms with E-state index in [9.17, 15) is 14.0 Å². The van der Waals surface area contributed by atoms with Gasteiger partial charge in [-0.05, 0) is 35.0 Å². The van der Waals surface area contributed by atoms with Crippen molar-refractivity contribution < 1.29 is 18.7 Å². The Morgan fingerprint density at radius 3 is 2.95 bits per heavy atom. The molecule has 1 fully saturated rings. The predicted octanol–water partition coefficient (Wildman–Crippen LogP) is 2.16. The topological polar surface area (TPSA) is 58.6 Å². The lowest BCUT2D eigenvalue weighted by Gasteiger charge is -2.20. The minimum Gasteiger partial charge on any atom is -0.448 e. The van der Waals surface area contributed by atoms with Gasteiger partial charge in [0.2, 0.25) is 0 Å². The molecule has 1 aromatic rings. The molecule has 20 heavy (non-hydrogen) atoms. The zero-order chi connectivity index (χ0) is 14.7. The molecule has 1 N–H and O–H groups in total. The van der Waals surface area contributed by atoms with Gasteiger partial charge in [-0.25, -0.2) is 9.18 Å². The van der Waals surface area contributed by atoms with Crippen LogP contribution in [0.15, 0.2) is 22.7 Å². The molecule has 0 aliphatic carbocycles. The number of hydrogen-bond donors (Lipinski definition) is 1. The van der Waals surface area contributed by atoms with Crippen molar-refractivity contribution in [3.05, 3.63) is 34.1 Å². The maximum absolute atomic E-state index is 13.6. The van der Waals surface area contributed by atoms with Gasteiger partial charge in [0.05, 0.1) is 12.1 Å². The minimum absolute atomic E-state index is 0.0386. The number of carbonyl (C=O) groups excluding carboxylic acids is 2. The van der Waals surface area contributed by atoms with Crippen molar-refractivity contribution in [1.29, 1.82) is 0 Å². The fourth-order valence-corrected chi connectivity index (χ4v) is 2.50. The van der Waals surface area contributed by atoms with Crippen molar-refractivity contribution in [2.75, 3.05) is 19.7 Å². The second-order valence-corrected chi connectivity index (χ2v) is 5.39. The molecule has 1 atom stereocenters. The van der Waals surface area contributed by atoms with E-state index < -0.39 is 17.8 Å². The average molecular weight is 345 g/mol. The Morgan fingerprint density at radius 2 is 2.35 bits per heavy atom. The van der Waals surface area contributed by atoms with E-state index in [1.54, 1.807) is 13.0 Å². The van der Waals surface area contributed by atoms with Crippen LogP contribution >= 0.6 is 15.9 Å². The fraction of sp³-hybridized carbons (Fsp3) is 0.385. The molecule has 1 aliphatic rings. The summed E-state index contributed by atoms with van der Waals surface area (Å²) < 4.78 is 18.8. The van der Waals surface area contributed by atoms with E-state index in [0.29, 0.717) is 24.2 Å². The number of rotatable bonds is 4. The lowest BCUT2D eigenvalue weighted by Crippen LogP contribution is -2.42. The van der Waals surface area contributed by atoms with Gasteiger partial charge in [0, 0.05) is 17.1 Å². The Morgan fingerprint density at radius 1 is 1.60 bits per heavy atom. The van der Waals surface area contributed by atoms with Crippen LogP contribution in [0.1, 0.15) is 17.3 Å². The quantitative estimate of drug-likeness (QED) is 0.910. The van der Waals surface area contributed by atoms with E-state index in [1.165, 1.54) is 17.0 Å². The van der Waals surface area contributed by atoms with Gasteiger partial charge in [0.15, 0.2) is 0 Å². The van der Waals surface area contributed by atoms with Gasteiger partial charge in [-0.15, -0.1) is 0 Å². The first-order valence-electron chi connectivity index (χ1n) is 6.15. The normalized spacial score (nSPS) is 15.9. The average Bonchev–Trinajstić information content (AvgIpc) is 2.74. The van der Waals surface area contributed by atoms with Gasteiger partial charge < -0.3 is 15.0 Å². The first kappa shape index (κ1) is 14.8. The Balaban J connectivity index is 1.99. The predicted molar refractivity (Wildman–Crippen MR) is 73.9 cm³/mol. The summed E-state index contributed by atoms with van der Waals surface area (Å²) in [6.45, 7) is 2.94. The summed E-state index contributed by atoms with van der Waals surface area (Å²) in [4.78, 5) is 24.8. The van der Waals surface area contributed by atoms with Crippen LogP contribution in [0.2, 0.25) is 0 Å².